The van der Waals surface area contributed by atoms with Crippen LogP contribution in [0.3, 0.4) is 0 Å². The van der Waals surface area contributed by atoms with Gasteiger partial charge in [0.2, 0.25) is 0 Å². The van der Waals surface area contributed by atoms with Gasteiger partial charge in [-0.3, -0.25) is 0 Å². The van der Waals surface area contributed by atoms with Crippen LogP contribution in [-0.4, -0.2) is 0 Å². The zero-order valence-electron chi connectivity index (χ0n) is 11.6. The molecule has 0 heterocycles. The average Bonchev–Trinajstić information content (AvgIpc) is 2.41. The van der Waals surface area contributed by atoms with Crippen molar-refractivity contribution in [1.29, 1.82) is 0 Å². The maximum Gasteiger partial charge on any atom is 0.131 e. The van der Waals surface area contributed by atoms with E-state index in [0.717, 1.165) is 17.1 Å². The van der Waals surface area contributed by atoms with E-state index in [9.17, 15) is 0 Å². The van der Waals surface area contributed by atoms with Crippen LogP contribution in [0.15, 0.2) is 42.5 Å². The first-order valence-corrected chi connectivity index (χ1v) is 7.07. The van der Waals surface area contributed by atoms with Crippen molar-refractivity contribution >= 4 is 11.6 Å². The quantitative estimate of drug-likeness (QED) is 0.655. The fourth-order valence-electron chi connectivity index (χ4n) is 1.98. The Bertz CT molecular complexity index is 561. The van der Waals surface area contributed by atoms with E-state index in [2.05, 4.69) is 39.0 Å². The lowest BCUT2D eigenvalue weighted by Crippen LogP contribution is -1.92. The second-order valence-corrected chi connectivity index (χ2v) is 5.34. The highest BCUT2D eigenvalue weighted by molar-refractivity contribution is 6.17. The van der Waals surface area contributed by atoms with Crippen LogP contribution in [0.25, 0.3) is 0 Å². The monoisotopic (exact) mass is 274 g/mol. The van der Waals surface area contributed by atoms with Crippen LogP contribution in [0.1, 0.15) is 36.5 Å². The third-order valence-corrected chi connectivity index (χ3v) is 3.40. The summed E-state index contributed by atoms with van der Waals surface area (Å²) in [5.74, 6) is 2.65. The maximum absolute atomic E-state index is 5.97. The summed E-state index contributed by atoms with van der Waals surface area (Å²) in [4.78, 5) is 0. The summed E-state index contributed by atoms with van der Waals surface area (Å²) in [6.07, 6.45) is 0. The smallest absolute Gasteiger partial charge is 0.131 e. The Morgan fingerprint density at radius 3 is 2.58 bits per heavy atom. The minimum Gasteiger partial charge on any atom is -0.457 e. The lowest BCUT2D eigenvalue weighted by Gasteiger charge is -2.12. The van der Waals surface area contributed by atoms with E-state index in [1.165, 1.54) is 11.1 Å². The van der Waals surface area contributed by atoms with Crippen LogP contribution in [-0.2, 0) is 5.88 Å². The number of ether oxygens (including phenoxy) is 1. The van der Waals surface area contributed by atoms with Gasteiger partial charge in [0.15, 0.2) is 0 Å². The molecule has 0 saturated carbocycles. The Kier molecular flexibility index (Phi) is 4.49. The number of benzene rings is 2. The maximum atomic E-state index is 5.97. The molecule has 0 saturated heterocycles. The summed E-state index contributed by atoms with van der Waals surface area (Å²) in [6, 6.07) is 14.3. The highest BCUT2D eigenvalue weighted by Gasteiger charge is 2.06. The Balaban J connectivity index is 2.28. The highest BCUT2D eigenvalue weighted by atomic mass is 35.5. The summed E-state index contributed by atoms with van der Waals surface area (Å²) in [6.45, 7) is 6.41. The number of rotatable bonds is 4. The Labute approximate surface area is 120 Å². The molecule has 100 valence electrons. The van der Waals surface area contributed by atoms with Crippen molar-refractivity contribution in [3.63, 3.8) is 0 Å². The van der Waals surface area contributed by atoms with Crippen molar-refractivity contribution in [2.24, 2.45) is 0 Å². The van der Waals surface area contributed by atoms with Crippen molar-refractivity contribution in [3.8, 4) is 11.5 Å². The Morgan fingerprint density at radius 1 is 1.11 bits per heavy atom. The second-order valence-electron chi connectivity index (χ2n) is 5.07. The zero-order chi connectivity index (χ0) is 13.8. The first-order chi connectivity index (χ1) is 9.10. The lowest BCUT2D eigenvalue weighted by molar-refractivity contribution is 0.477. The molecule has 1 nitrogen and oxygen atoms in total. The summed E-state index contributed by atoms with van der Waals surface area (Å²) >= 11 is 5.97. The van der Waals surface area contributed by atoms with Gasteiger partial charge in [-0.2, -0.15) is 0 Å². The van der Waals surface area contributed by atoms with Crippen LogP contribution < -0.4 is 4.74 Å². The molecule has 2 aromatic rings. The normalized spacial score (nSPS) is 10.8. The lowest BCUT2D eigenvalue weighted by atomic mass is 10.0. The number of aryl methyl sites for hydroxylation is 1. The molecule has 0 atom stereocenters. The summed E-state index contributed by atoms with van der Waals surface area (Å²) in [5, 5.41) is 0. The van der Waals surface area contributed by atoms with Gasteiger partial charge in [0.1, 0.15) is 11.5 Å². The van der Waals surface area contributed by atoms with Crippen molar-refractivity contribution in [2.45, 2.75) is 32.6 Å². The highest BCUT2D eigenvalue weighted by Crippen LogP contribution is 2.29. The first kappa shape index (κ1) is 14.0. The number of alkyl halides is 1. The van der Waals surface area contributed by atoms with Gasteiger partial charge >= 0.3 is 0 Å². The molecule has 19 heavy (non-hydrogen) atoms. The van der Waals surface area contributed by atoms with Crippen LogP contribution in [0.4, 0.5) is 0 Å². The van der Waals surface area contributed by atoms with E-state index in [1.54, 1.807) is 0 Å². The molecule has 0 aromatic heterocycles. The predicted molar refractivity (Wildman–Crippen MR) is 81.3 cm³/mol. The molecular formula is C17H19ClO. The summed E-state index contributed by atoms with van der Waals surface area (Å²) < 4.78 is 5.96. The Hall–Kier alpha value is -1.47. The third-order valence-electron chi connectivity index (χ3n) is 3.11. The molecule has 0 aliphatic rings. The predicted octanol–water partition coefficient (Wildman–Crippen LogP) is 5.65. The summed E-state index contributed by atoms with van der Waals surface area (Å²) in [7, 11) is 0. The molecule has 0 radical (unpaired) electrons. The van der Waals surface area contributed by atoms with E-state index < -0.39 is 0 Å². The molecule has 0 spiro atoms. The molecule has 2 rings (SSSR count). The molecule has 0 amide bonds. The van der Waals surface area contributed by atoms with Gasteiger partial charge in [0.05, 0.1) is 5.88 Å². The van der Waals surface area contributed by atoms with E-state index in [4.69, 9.17) is 16.3 Å². The molecular weight excluding hydrogens is 256 g/mol. The standard InChI is InChI=1S/C17H19ClO/c1-12(2)14-5-4-6-16(10-14)19-17-8-7-13(3)9-15(17)11-18/h4-10,12H,11H2,1-3H3. The molecule has 0 bridgehead atoms. The van der Waals surface area contributed by atoms with Gasteiger partial charge < -0.3 is 4.74 Å². The van der Waals surface area contributed by atoms with Crippen molar-refractivity contribution < 1.29 is 4.74 Å². The molecule has 0 fully saturated rings. The minimum absolute atomic E-state index is 0.459. The Morgan fingerprint density at radius 2 is 1.89 bits per heavy atom. The van der Waals surface area contributed by atoms with E-state index >= 15 is 0 Å². The van der Waals surface area contributed by atoms with E-state index in [-0.39, 0.29) is 0 Å². The van der Waals surface area contributed by atoms with Gasteiger partial charge in [-0.25, -0.2) is 0 Å². The van der Waals surface area contributed by atoms with Crippen molar-refractivity contribution in [2.75, 3.05) is 0 Å². The third kappa shape index (κ3) is 3.51. The number of halogens is 1. The molecule has 0 unspecified atom stereocenters. The minimum atomic E-state index is 0.459. The van der Waals surface area contributed by atoms with Crippen LogP contribution in [0.5, 0.6) is 11.5 Å². The molecule has 0 aliphatic heterocycles. The number of hydrogen-bond acceptors (Lipinski definition) is 1. The summed E-state index contributed by atoms with van der Waals surface area (Å²) in [5.41, 5.74) is 3.49. The van der Waals surface area contributed by atoms with Gasteiger partial charge in [-0.1, -0.05) is 43.7 Å². The molecule has 0 aliphatic carbocycles. The van der Waals surface area contributed by atoms with Gasteiger partial charge in [-0.05, 0) is 36.6 Å². The fraction of sp³-hybridized carbons (Fsp3) is 0.294. The number of hydrogen-bond donors (Lipinski definition) is 0. The fourth-order valence-corrected chi connectivity index (χ4v) is 2.19. The van der Waals surface area contributed by atoms with E-state index in [1.807, 2.05) is 24.3 Å². The largest absolute Gasteiger partial charge is 0.457 e. The van der Waals surface area contributed by atoms with Crippen molar-refractivity contribution in [3.05, 3.63) is 59.2 Å². The van der Waals surface area contributed by atoms with Gasteiger partial charge in [0.25, 0.3) is 0 Å². The average molecular weight is 275 g/mol. The molecule has 0 N–H and O–H groups in total. The van der Waals surface area contributed by atoms with E-state index in [0.29, 0.717) is 11.8 Å². The SMILES string of the molecule is Cc1ccc(Oc2cccc(C(C)C)c2)c(CCl)c1. The molecule has 2 aromatic carbocycles. The van der Waals surface area contributed by atoms with Gasteiger partial charge in [-0.15, -0.1) is 11.6 Å². The van der Waals surface area contributed by atoms with Crippen LogP contribution in [0.2, 0.25) is 0 Å². The van der Waals surface area contributed by atoms with Crippen molar-refractivity contribution in [1.82, 2.24) is 0 Å². The van der Waals surface area contributed by atoms with Crippen LogP contribution >= 0.6 is 11.6 Å². The van der Waals surface area contributed by atoms with Crippen LogP contribution in [0, 0.1) is 6.92 Å². The van der Waals surface area contributed by atoms with Gasteiger partial charge in [0, 0.05) is 5.56 Å². The second kappa shape index (κ2) is 6.12. The topological polar surface area (TPSA) is 9.23 Å². The molecule has 2 heteroatoms. The first-order valence-electron chi connectivity index (χ1n) is 6.53. The zero-order valence-corrected chi connectivity index (χ0v) is 12.4.